The zero-order valence-corrected chi connectivity index (χ0v) is 10.0. The highest BCUT2D eigenvalue weighted by molar-refractivity contribution is 6.01. The molecule has 0 aromatic heterocycles. The van der Waals surface area contributed by atoms with Crippen molar-refractivity contribution in [2.45, 2.75) is 26.2 Å². The van der Waals surface area contributed by atoms with Crippen LogP contribution in [0.3, 0.4) is 0 Å². The van der Waals surface area contributed by atoms with E-state index in [1.807, 2.05) is 31.2 Å². The van der Waals surface area contributed by atoms with Gasteiger partial charge in [-0.1, -0.05) is 24.3 Å². The van der Waals surface area contributed by atoms with Crippen LogP contribution in [0.4, 0.5) is 0 Å². The molecule has 0 atom stereocenters. The molecule has 0 spiro atoms. The van der Waals surface area contributed by atoms with E-state index in [9.17, 15) is 14.4 Å². The van der Waals surface area contributed by atoms with E-state index in [-0.39, 0.29) is 19.3 Å². The van der Waals surface area contributed by atoms with Crippen LogP contribution in [0.25, 0.3) is 0 Å². The Hall–Kier alpha value is -2.17. The molecular formula is C13H13NO4. The molecule has 5 nitrogen and oxygen atoms in total. The highest BCUT2D eigenvalue weighted by Gasteiger charge is 2.32. The number of aryl methyl sites for hydroxylation is 1. The fourth-order valence-corrected chi connectivity index (χ4v) is 1.76. The van der Waals surface area contributed by atoms with Crippen LogP contribution >= 0.6 is 0 Å². The summed E-state index contributed by atoms with van der Waals surface area (Å²) in [5.41, 5.74) is 1.79. The van der Waals surface area contributed by atoms with Crippen LogP contribution in [0.15, 0.2) is 24.3 Å². The normalized spacial score (nSPS) is 15.1. The standard InChI is InChI=1S/C13H13NO4/c1-9-4-2-3-5-10(9)8-13(17)18-14-11(15)6-7-12(14)16/h2-5H,6-8H2,1H3. The highest BCUT2D eigenvalue weighted by Crippen LogP contribution is 2.14. The van der Waals surface area contributed by atoms with Gasteiger partial charge in [0.2, 0.25) is 0 Å². The first-order chi connectivity index (χ1) is 8.58. The summed E-state index contributed by atoms with van der Waals surface area (Å²) < 4.78 is 0. The molecule has 1 aromatic carbocycles. The minimum atomic E-state index is -0.604. The van der Waals surface area contributed by atoms with Gasteiger partial charge in [0.05, 0.1) is 6.42 Å². The molecule has 0 N–H and O–H groups in total. The highest BCUT2D eigenvalue weighted by atomic mass is 16.7. The fourth-order valence-electron chi connectivity index (χ4n) is 1.76. The second-order valence-corrected chi connectivity index (χ2v) is 4.15. The number of hydroxylamine groups is 2. The van der Waals surface area contributed by atoms with Gasteiger partial charge in [-0.2, -0.15) is 0 Å². The maximum Gasteiger partial charge on any atom is 0.337 e. The van der Waals surface area contributed by atoms with Gasteiger partial charge in [-0.25, -0.2) is 4.79 Å². The van der Waals surface area contributed by atoms with Crippen LogP contribution in [0, 0.1) is 6.92 Å². The zero-order valence-electron chi connectivity index (χ0n) is 10.0. The van der Waals surface area contributed by atoms with E-state index in [0.29, 0.717) is 5.06 Å². The maximum atomic E-state index is 11.6. The van der Waals surface area contributed by atoms with Crippen molar-refractivity contribution in [2.24, 2.45) is 0 Å². The van der Waals surface area contributed by atoms with E-state index in [1.165, 1.54) is 0 Å². The molecule has 5 heteroatoms. The fraction of sp³-hybridized carbons (Fsp3) is 0.308. The Bertz CT molecular complexity index is 493. The molecule has 0 saturated carbocycles. The maximum absolute atomic E-state index is 11.6. The smallest absolute Gasteiger partial charge is 0.330 e. The summed E-state index contributed by atoms with van der Waals surface area (Å²) >= 11 is 0. The monoisotopic (exact) mass is 247 g/mol. The van der Waals surface area contributed by atoms with E-state index >= 15 is 0 Å². The largest absolute Gasteiger partial charge is 0.337 e. The first-order valence-electron chi connectivity index (χ1n) is 5.69. The Morgan fingerprint density at radius 2 is 1.83 bits per heavy atom. The van der Waals surface area contributed by atoms with Crippen LogP contribution in [0.1, 0.15) is 24.0 Å². The average molecular weight is 247 g/mol. The van der Waals surface area contributed by atoms with E-state index in [0.717, 1.165) is 11.1 Å². The third kappa shape index (κ3) is 2.56. The molecule has 0 unspecified atom stereocenters. The average Bonchev–Trinajstić information content (AvgIpc) is 2.64. The number of carbonyl (C=O) groups is 3. The van der Waals surface area contributed by atoms with Crippen molar-refractivity contribution in [2.75, 3.05) is 0 Å². The molecule has 2 rings (SSSR count). The summed E-state index contributed by atoms with van der Waals surface area (Å²) in [5.74, 6) is -1.52. The molecule has 94 valence electrons. The number of rotatable bonds is 3. The third-order valence-corrected chi connectivity index (χ3v) is 2.79. The minimum Gasteiger partial charge on any atom is -0.330 e. The molecule has 2 amide bonds. The number of amides is 2. The second kappa shape index (κ2) is 5.00. The Morgan fingerprint density at radius 1 is 1.22 bits per heavy atom. The third-order valence-electron chi connectivity index (χ3n) is 2.79. The topological polar surface area (TPSA) is 63.7 Å². The minimum absolute atomic E-state index is 0.0454. The Morgan fingerprint density at radius 3 is 2.44 bits per heavy atom. The summed E-state index contributed by atoms with van der Waals surface area (Å²) in [5, 5.41) is 0.570. The van der Waals surface area contributed by atoms with Crippen molar-refractivity contribution >= 4 is 17.8 Å². The molecule has 1 heterocycles. The summed E-state index contributed by atoms with van der Waals surface area (Å²) in [4.78, 5) is 39.0. The molecule has 18 heavy (non-hydrogen) atoms. The van der Waals surface area contributed by atoms with Crippen LogP contribution in [-0.2, 0) is 25.6 Å². The summed E-state index contributed by atoms with van der Waals surface area (Å²) in [6.07, 6.45) is 0.261. The molecule has 0 bridgehead atoms. The lowest BCUT2D eigenvalue weighted by atomic mass is 10.1. The van der Waals surface area contributed by atoms with Gasteiger partial charge in [-0.05, 0) is 18.1 Å². The van der Waals surface area contributed by atoms with Gasteiger partial charge in [-0.15, -0.1) is 5.06 Å². The van der Waals surface area contributed by atoms with Crippen molar-refractivity contribution in [3.63, 3.8) is 0 Å². The first-order valence-corrected chi connectivity index (χ1v) is 5.69. The number of imide groups is 1. The predicted octanol–water partition coefficient (Wildman–Crippen LogP) is 1.14. The Kier molecular flexibility index (Phi) is 3.41. The van der Waals surface area contributed by atoms with Crippen LogP contribution in [0.2, 0.25) is 0 Å². The first kappa shape index (κ1) is 12.3. The molecule has 1 aromatic rings. The van der Waals surface area contributed by atoms with Crippen molar-refractivity contribution < 1.29 is 19.2 Å². The number of nitrogens with zero attached hydrogens (tertiary/aromatic N) is 1. The van der Waals surface area contributed by atoms with Crippen molar-refractivity contribution in [3.05, 3.63) is 35.4 Å². The van der Waals surface area contributed by atoms with Gasteiger partial charge >= 0.3 is 5.97 Å². The van der Waals surface area contributed by atoms with Gasteiger partial charge in [0.15, 0.2) is 0 Å². The number of hydrogen-bond acceptors (Lipinski definition) is 4. The van der Waals surface area contributed by atoms with Crippen LogP contribution in [0.5, 0.6) is 0 Å². The summed E-state index contributed by atoms with van der Waals surface area (Å²) in [7, 11) is 0. The quantitative estimate of drug-likeness (QED) is 0.751. The zero-order chi connectivity index (χ0) is 13.1. The molecule has 1 fully saturated rings. The van der Waals surface area contributed by atoms with Crippen LogP contribution < -0.4 is 0 Å². The molecule has 1 aliphatic heterocycles. The lowest BCUT2D eigenvalue weighted by Gasteiger charge is -2.13. The molecule has 0 aliphatic carbocycles. The Balaban J connectivity index is 1.99. The molecule has 0 radical (unpaired) electrons. The SMILES string of the molecule is Cc1ccccc1CC(=O)ON1C(=O)CCC1=O. The van der Waals surface area contributed by atoms with Gasteiger partial charge in [-0.3, -0.25) is 9.59 Å². The molecule has 1 aliphatic rings. The molecule has 1 saturated heterocycles. The number of benzene rings is 1. The van der Waals surface area contributed by atoms with E-state index in [4.69, 9.17) is 4.84 Å². The molecular weight excluding hydrogens is 234 g/mol. The lowest BCUT2D eigenvalue weighted by Crippen LogP contribution is -2.32. The predicted molar refractivity (Wildman–Crippen MR) is 62.1 cm³/mol. The Labute approximate surface area is 104 Å². The summed E-state index contributed by atoms with van der Waals surface area (Å²) in [6.45, 7) is 1.88. The number of carbonyl (C=O) groups excluding carboxylic acids is 3. The van der Waals surface area contributed by atoms with E-state index in [1.54, 1.807) is 0 Å². The van der Waals surface area contributed by atoms with Crippen molar-refractivity contribution in [1.82, 2.24) is 5.06 Å². The lowest BCUT2D eigenvalue weighted by molar-refractivity contribution is -0.197. The number of hydrogen-bond donors (Lipinski definition) is 0. The van der Waals surface area contributed by atoms with Crippen molar-refractivity contribution in [3.8, 4) is 0 Å². The van der Waals surface area contributed by atoms with Gasteiger partial charge in [0.1, 0.15) is 0 Å². The summed E-state index contributed by atoms with van der Waals surface area (Å²) in [6, 6.07) is 7.39. The second-order valence-electron chi connectivity index (χ2n) is 4.15. The van der Waals surface area contributed by atoms with Crippen LogP contribution in [-0.4, -0.2) is 22.8 Å². The van der Waals surface area contributed by atoms with Gasteiger partial charge < -0.3 is 4.84 Å². The van der Waals surface area contributed by atoms with E-state index < -0.39 is 17.8 Å². The van der Waals surface area contributed by atoms with Gasteiger partial charge in [0.25, 0.3) is 11.8 Å². The van der Waals surface area contributed by atoms with E-state index in [2.05, 4.69) is 0 Å². The van der Waals surface area contributed by atoms with Crippen molar-refractivity contribution in [1.29, 1.82) is 0 Å². The van der Waals surface area contributed by atoms with Gasteiger partial charge in [0, 0.05) is 12.8 Å².